The van der Waals surface area contributed by atoms with Gasteiger partial charge in [0.2, 0.25) is 5.91 Å². The van der Waals surface area contributed by atoms with Crippen LogP contribution >= 0.6 is 0 Å². The molecule has 0 aliphatic carbocycles. The highest BCUT2D eigenvalue weighted by molar-refractivity contribution is 5.77. The van der Waals surface area contributed by atoms with Gasteiger partial charge in [0.15, 0.2) is 11.6 Å². The second kappa shape index (κ2) is 15.0. The van der Waals surface area contributed by atoms with E-state index >= 15 is 0 Å². The molecule has 8 nitrogen and oxygen atoms in total. The number of carboxylic acid groups (broad SMARTS) is 1. The largest absolute Gasteiger partial charge is 0.488 e. The fourth-order valence-corrected chi connectivity index (χ4v) is 4.62. The summed E-state index contributed by atoms with van der Waals surface area (Å²) < 4.78 is 25.9. The van der Waals surface area contributed by atoms with Crippen LogP contribution in [0.3, 0.4) is 0 Å². The summed E-state index contributed by atoms with van der Waals surface area (Å²) >= 11 is 0. The van der Waals surface area contributed by atoms with Crippen molar-refractivity contribution in [2.75, 3.05) is 38.7 Å². The van der Waals surface area contributed by atoms with E-state index in [4.69, 9.17) is 14.5 Å². The molecule has 1 atom stereocenters. The lowest BCUT2D eigenvalue weighted by molar-refractivity contribution is -0.140. The Kier molecular flexibility index (Phi) is 11.7. The zero-order chi connectivity index (χ0) is 29.1. The SMILES string of the molecule is CN(C(=O)CCCCc1ccc2c(n1)NCCC2)[C@@H](CC(=O)O)c1ccc(OCCOCCC(C)(C)C)c(F)c1. The zero-order valence-corrected chi connectivity index (χ0v) is 24.3. The quantitative estimate of drug-likeness (QED) is 0.267. The number of unbranched alkanes of at least 4 members (excludes halogenated alkanes) is 1. The number of aliphatic carboxylic acids is 1. The van der Waals surface area contributed by atoms with E-state index in [1.807, 2.05) is 6.07 Å². The van der Waals surface area contributed by atoms with Gasteiger partial charge in [0.1, 0.15) is 12.4 Å². The monoisotopic (exact) mass is 557 g/mol. The topological polar surface area (TPSA) is 101 Å². The smallest absolute Gasteiger partial charge is 0.305 e. The highest BCUT2D eigenvalue weighted by Gasteiger charge is 2.25. The van der Waals surface area contributed by atoms with Crippen LogP contribution in [0, 0.1) is 11.2 Å². The van der Waals surface area contributed by atoms with E-state index in [0.717, 1.165) is 50.2 Å². The van der Waals surface area contributed by atoms with Crippen molar-refractivity contribution < 1.29 is 28.6 Å². The lowest BCUT2D eigenvalue weighted by Crippen LogP contribution is -2.32. The molecule has 0 fully saturated rings. The van der Waals surface area contributed by atoms with E-state index in [1.54, 1.807) is 13.1 Å². The minimum Gasteiger partial charge on any atom is -0.488 e. The summed E-state index contributed by atoms with van der Waals surface area (Å²) in [5.41, 5.74) is 2.83. The molecule has 40 heavy (non-hydrogen) atoms. The Balaban J connectivity index is 1.50. The molecule has 2 N–H and O–H groups in total. The molecule has 1 aliphatic rings. The molecule has 3 rings (SSSR count). The number of carboxylic acids is 1. The summed E-state index contributed by atoms with van der Waals surface area (Å²) in [6, 6.07) is 7.73. The third kappa shape index (κ3) is 10.1. The van der Waals surface area contributed by atoms with Crippen molar-refractivity contribution >= 4 is 17.7 Å². The first-order valence-corrected chi connectivity index (χ1v) is 14.2. The lowest BCUT2D eigenvalue weighted by Gasteiger charge is -2.28. The standard InChI is InChI=1S/C31H44FN3O5/c1-31(2,3)15-17-39-18-19-40-27-14-12-23(20-25(27)32)26(21-29(37)38)35(4)28(36)10-6-5-9-24-13-11-22-8-7-16-33-30(22)34-24/h11-14,20,26H,5-10,15-19,21H2,1-4H3,(H,33,34)(H,37,38)/t26-/m0/s1. The first kappa shape index (κ1) is 31.3. The van der Waals surface area contributed by atoms with Crippen molar-refractivity contribution in [2.24, 2.45) is 5.41 Å². The summed E-state index contributed by atoms with van der Waals surface area (Å²) in [5.74, 6) is -0.818. The number of nitrogens with one attached hydrogen (secondary N) is 1. The van der Waals surface area contributed by atoms with Crippen LogP contribution in [0.1, 0.15) is 82.2 Å². The van der Waals surface area contributed by atoms with Crippen LogP contribution in [0.4, 0.5) is 10.2 Å². The van der Waals surface area contributed by atoms with Crippen molar-refractivity contribution in [2.45, 2.75) is 78.2 Å². The van der Waals surface area contributed by atoms with Crippen LogP contribution in [0.2, 0.25) is 0 Å². The van der Waals surface area contributed by atoms with Crippen LogP contribution in [-0.4, -0.2) is 60.3 Å². The first-order valence-electron chi connectivity index (χ1n) is 14.2. The van der Waals surface area contributed by atoms with E-state index in [0.29, 0.717) is 25.2 Å². The molecule has 1 aromatic carbocycles. The van der Waals surface area contributed by atoms with Gasteiger partial charge in [-0.3, -0.25) is 9.59 Å². The zero-order valence-electron chi connectivity index (χ0n) is 24.3. The number of ether oxygens (including phenoxy) is 2. The maximum Gasteiger partial charge on any atom is 0.305 e. The van der Waals surface area contributed by atoms with Crippen molar-refractivity contribution in [3.63, 3.8) is 0 Å². The number of anilines is 1. The molecule has 1 aromatic heterocycles. The van der Waals surface area contributed by atoms with Crippen molar-refractivity contribution in [1.29, 1.82) is 0 Å². The van der Waals surface area contributed by atoms with Crippen molar-refractivity contribution in [3.05, 3.63) is 53.0 Å². The molecular formula is C31H44FN3O5. The molecule has 0 saturated heterocycles. The molecule has 220 valence electrons. The van der Waals surface area contributed by atoms with E-state index < -0.39 is 17.8 Å². The number of aryl methyl sites for hydroxylation is 2. The molecule has 0 unspecified atom stereocenters. The number of aromatic nitrogens is 1. The Morgan fingerprint density at radius 2 is 1.95 bits per heavy atom. The number of halogens is 1. The molecule has 1 aliphatic heterocycles. The van der Waals surface area contributed by atoms with E-state index in [2.05, 4.69) is 32.2 Å². The molecule has 0 bridgehead atoms. The molecular weight excluding hydrogens is 513 g/mol. The lowest BCUT2D eigenvalue weighted by atomic mass is 9.93. The van der Waals surface area contributed by atoms with Crippen LogP contribution in [0.5, 0.6) is 5.75 Å². The average Bonchev–Trinajstić information content (AvgIpc) is 2.91. The third-order valence-electron chi connectivity index (χ3n) is 7.08. The Hall–Kier alpha value is -3.20. The maximum absolute atomic E-state index is 14.8. The summed E-state index contributed by atoms with van der Waals surface area (Å²) in [7, 11) is 1.57. The van der Waals surface area contributed by atoms with Gasteiger partial charge in [0, 0.05) is 32.3 Å². The third-order valence-corrected chi connectivity index (χ3v) is 7.08. The predicted octanol–water partition coefficient (Wildman–Crippen LogP) is 5.80. The maximum atomic E-state index is 14.8. The fraction of sp³-hybridized carbons (Fsp3) is 0.581. The normalized spacial score (nSPS) is 13.7. The number of hydrogen-bond donors (Lipinski definition) is 2. The first-order chi connectivity index (χ1) is 19.0. The van der Waals surface area contributed by atoms with Gasteiger partial charge < -0.3 is 24.8 Å². The van der Waals surface area contributed by atoms with Gasteiger partial charge in [0.05, 0.1) is 19.1 Å². The van der Waals surface area contributed by atoms with Gasteiger partial charge in [-0.1, -0.05) is 32.9 Å². The van der Waals surface area contributed by atoms with Crippen molar-refractivity contribution in [3.8, 4) is 5.75 Å². The average molecular weight is 558 g/mol. The van der Waals surface area contributed by atoms with E-state index in [-0.39, 0.29) is 36.5 Å². The predicted molar refractivity (Wildman–Crippen MR) is 153 cm³/mol. The van der Waals surface area contributed by atoms with Gasteiger partial charge in [-0.15, -0.1) is 0 Å². The number of fused-ring (bicyclic) bond motifs is 1. The molecule has 1 amide bonds. The van der Waals surface area contributed by atoms with E-state index in [9.17, 15) is 19.1 Å². The molecule has 2 aromatic rings. The second-order valence-corrected chi connectivity index (χ2v) is 11.6. The fourth-order valence-electron chi connectivity index (χ4n) is 4.62. The van der Waals surface area contributed by atoms with Gasteiger partial charge in [-0.25, -0.2) is 9.37 Å². The summed E-state index contributed by atoms with van der Waals surface area (Å²) in [6.45, 7) is 8.50. The second-order valence-electron chi connectivity index (χ2n) is 11.6. The highest BCUT2D eigenvalue weighted by atomic mass is 19.1. The number of amides is 1. The Labute approximate surface area is 237 Å². The van der Waals surface area contributed by atoms with Crippen LogP contribution in [0.25, 0.3) is 0 Å². The number of nitrogens with zero attached hydrogens (tertiary/aromatic N) is 2. The van der Waals surface area contributed by atoms with Crippen LogP contribution < -0.4 is 10.1 Å². The minimum absolute atomic E-state index is 0.0669. The molecule has 9 heteroatoms. The van der Waals surface area contributed by atoms with Gasteiger partial charge in [-0.2, -0.15) is 0 Å². The van der Waals surface area contributed by atoms with Gasteiger partial charge in [-0.05, 0) is 73.3 Å². The molecule has 0 radical (unpaired) electrons. The number of carbonyl (C=O) groups is 2. The van der Waals surface area contributed by atoms with Gasteiger partial charge >= 0.3 is 5.97 Å². The Morgan fingerprint density at radius 1 is 1.15 bits per heavy atom. The number of pyridine rings is 1. The van der Waals surface area contributed by atoms with Crippen LogP contribution in [0.15, 0.2) is 30.3 Å². The summed E-state index contributed by atoms with van der Waals surface area (Å²) in [5, 5.41) is 12.8. The minimum atomic E-state index is -1.06. The number of hydrogen-bond acceptors (Lipinski definition) is 6. The van der Waals surface area contributed by atoms with Crippen LogP contribution in [-0.2, 0) is 27.2 Å². The molecule has 2 heterocycles. The summed E-state index contributed by atoms with van der Waals surface area (Å²) in [4.78, 5) is 30.7. The molecule has 0 saturated carbocycles. The summed E-state index contributed by atoms with van der Waals surface area (Å²) in [6.07, 6.45) is 5.22. The van der Waals surface area contributed by atoms with Crippen molar-refractivity contribution in [1.82, 2.24) is 9.88 Å². The highest BCUT2D eigenvalue weighted by Crippen LogP contribution is 2.29. The Morgan fingerprint density at radius 3 is 2.67 bits per heavy atom. The Bertz CT molecular complexity index is 1130. The van der Waals surface area contributed by atoms with Gasteiger partial charge in [0.25, 0.3) is 0 Å². The molecule has 0 spiro atoms. The number of carbonyl (C=O) groups excluding carboxylic acids is 1. The van der Waals surface area contributed by atoms with E-state index in [1.165, 1.54) is 22.6 Å². The number of rotatable bonds is 15. The number of benzene rings is 1.